The number of aliphatic hydroxyl groups is 1. The Morgan fingerprint density at radius 3 is 2.60 bits per heavy atom. The van der Waals surface area contributed by atoms with Crippen LogP contribution in [0.1, 0.15) is 33.4 Å². The van der Waals surface area contributed by atoms with Gasteiger partial charge in [-0.3, -0.25) is 14.3 Å². The maximum atomic E-state index is 12.1. The second kappa shape index (κ2) is 7.00. The maximum absolute atomic E-state index is 12.1. The van der Waals surface area contributed by atoms with Gasteiger partial charge in [0, 0.05) is 18.7 Å². The van der Waals surface area contributed by atoms with E-state index in [1.165, 1.54) is 16.8 Å². The van der Waals surface area contributed by atoms with Crippen molar-refractivity contribution < 1.29 is 14.3 Å². The highest BCUT2D eigenvalue weighted by molar-refractivity contribution is 6.74. The molecular weight excluding hydrogens is 364 g/mol. The van der Waals surface area contributed by atoms with E-state index in [1.54, 1.807) is 0 Å². The summed E-state index contributed by atoms with van der Waals surface area (Å²) >= 11 is 6.13. The fourth-order valence-corrected chi connectivity index (χ4v) is 4.30. The molecule has 1 saturated heterocycles. The Kier molecular flexibility index (Phi) is 5.70. The average Bonchev–Trinajstić information content (AvgIpc) is 2.84. The van der Waals surface area contributed by atoms with Crippen molar-refractivity contribution >= 4 is 19.9 Å². The third-order valence-electron chi connectivity index (χ3n) is 5.27. The van der Waals surface area contributed by atoms with Gasteiger partial charge in [-0.2, -0.15) is 0 Å². The molecule has 1 aliphatic heterocycles. The normalized spacial score (nSPS) is 27.6. The Bertz CT molecular complexity index is 720. The highest BCUT2D eigenvalue weighted by Crippen LogP contribution is 2.44. The van der Waals surface area contributed by atoms with E-state index in [0.717, 1.165) is 0 Å². The van der Waals surface area contributed by atoms with E-state index in [4.69, 9.17) is 20.8 Å². The lowest BCUT2D eigenvalue weighted by molar-refractivity contribution is -0.111. The molecule has 0 aromatic carbocycles. The summed E-state index contributed by atoms with van der Waals surface area (Å²) in [6.45, 7) is 10.3. The van der Waals surface area contributed by atoms with Crippen molar-refractivity contribution in [2.24, 2.45) is 0 Å². The zero-order chi connectivity index (χ0) is 19.0. The summed E-state index contributed by atoms with van der Waals surface area (Å²) in [7, 11) is -2.14. The molecule has 2 rings (SSSR count). The van der Waals surface area contributed by atoms with Crippen LogP contribution < -0.4 is 11.2 Å². The van der Waals surface area contributed by atoms with E-state index >= 15 is 0 Å². The number of aromatic amines is 1. The highest BCUT2D eigenvalue weighted by atomic mass is 35.5. The number of halogens is 1. The Morgan fingerprint density at radius 1 is 1.48 bits per heavy atom. The van der Waals surface area contributed by atoms with Crippen molar-refractivity contribution in [2.45, 2.75) is 63.3 Å². The molecule has 0 amide bonds. The Balaban J connectivity index is 2.36. The first-order chi connectivity index (χ1) is 11.5. The minimum atomic E-state index is -2.14. The van der Waals surface area contributed by atoms with Crippen molar-refractivity contribution in [3.05, 3.63) is 33.1 Å². The highest BCUT2D eigenvalue weighted by Gasteiger charge is 2.53. The number of alkyl halides is 1. The molecule has 1 aliphatic rings. The van der Waals surface area contributed by atoms with E-state index in [1.807, 2.05) is 0 Å². The molecule has 2 N–H and O–H groups in total. The predicted molar refractivity (Wildman–Crippen MR) is 98.7 cm³/mol. The van der Waals surface area contributed by atoms with E-state index in [0.29, 0.717) is 6.42 Å². The summed E-state index contributed by atoms with van der Waals surface area (Å²) in [5.41, 5.74) is -2.12. The Hall–Kier alpha value is -0.933. The molecule has 142 valence electrons. The van der Waals surface area contributed by atoms with Crippen molar-refractivity contribution in [1.82, 2.24) is 9.55 Å². The van der Waals surface area contributed by atoms with Crippen molar-refractivity contribution in [3.8, 4) is 0 Å². The quantitative estimate of drug-likeness (QED) is 0.590. The van der Waals surface area contributed by atoms with Crippen molar-refractivity contribution in [2.75, 3.05) is 12.5 Å². The van der Waals surface area contributed by atoms with Gasteiger partial charge in [-0.05, 0) is 18.1 Å². The van der Waals surface area contributed by atoms with Crippen LogP contribution in [-0.2, 0) is 9.16 Å². The lowest BCUT2D eigenvalue weighted by Gasteiger charge is -2.42. The minimum absolute atomic E-state index is 0.0204. The van der Waals surface area contributed by atoms with E-state index in [9.17, 15) is 14.7 Å². The first-order valence-corrected chi connectivity index (χ1v) is 11.7. The summed E-state index contributed by atoms with van der Waals surface area (Å²) in [6.07, 6.45) is 0.646. The largest absolute Gasteiger partial charge is 0.411 e. The lowest BCUT2D eigenvalue weighted by Crippen LogP contribution is -2.53. The molecule has 1 aromatic rings. The van der Waals surface area contributed by atoms with Gasteiger partial charge < -0.3 is 14.3 Å². The number of hydrogen-bond acceptors (Lipinski definition) is 5. The van der Waals surface area contributed by atoms with Gasteiger partial charge in [0.2, 0.25) is 0 Å². The molecule has 7 nitrogen and oxygen atoms in total. The monoisotopic (exact) mass is 390 g/mol. The molecule has 0 radical (unpaired) electrons. The molecule has 0 saturated carbocycles. The number of H-pyrrole nitrogens is 1. The molecule has 3 atom stereocenters. The number of hydrogen-bond donors (Lipinski definition) is 2. The fourth-order valence-electron chi connectivity index (χ4n) is 2.60. The van der Waals surface area contributed by atoms with Gasteiger partial charge in [-0.1, -0.05) is 20.8 Å². The first kappa shape index (κ1) is 20.4. The van der Waals surface area contributed by atoms with Gasteiger partial charge in [0.05, 0.1) is 18.6 Å². The molecule has 1 unspecified atom stereocenters. The van der Waals surface area contributed by atoms with Crippen LogP contribution in [0, 0.1) is 0 Å². The smallest absolute Gasteiger partial charge is 0.330 e. The van der Waals surface area contributed by atoms with Gasteiger partial charge in [-0.25, -0.2) is 4.79 Å². The van der Waals surface area contributed by atoms with Crippen LogP contribution in [0.3, 0.4) is 0 Å². The molecule has 0 aliphatic carbocycles. The van der Waals surface area contributed by atoms with Gasteiger partial charge in [-0.15, -0.1) is 11.6 Å². The summed E-state index contributed by atoms with van der Waals surface area (Å²) in [5, 5.41) is 9.93. The molecule has 0 bridgehead atoms. The number of nitrogens with one attached hydrogen (secondary N) is 1. The molecule has 1 fully saturated rings. The summed E-state index contributed by atoms with van der Waals surface area (Å²) in [5.74, 6) is 0.0391. The van der Waals surface area contributed by atoms with E-state index in [-0.39, 0.29) is 17.5 Å². The fraction of sp³-hybridized carbons (Fsp3) is 0.750. The average molecular weight is 391 g/mol. The number of ether oxygens (including phenoxy) is 1. The van der Waals surface area contributed by atoms with Crippen molar-refractivity contribution in [1.29, 1.82) is 0 Å². The van der Waals surface area contributed by atoms with Crippen LogP contribution in [0.2, 0.25) is 18.1 Å². The number of aromatic nitrogens is 2. The standard InChI is InChI=1S/C16H27ClN2O5Si/c1-15(2,3)25(4,5)24-11-8-13(23-16(11,9-17)10-20)19-7-6-12(21)18-14(19)22/h6-7,11,13,20H,8-10H2,1-5H3,(H,18,21,22)/t11?,13-,16-/m1/s1. The van der Waals surface area contributed by atoms with Gasteiger partial charge in [0.25, 0.3) is 5.56 Å². The van der Waals surface area contributed by atoms with Crippen LogP contribution >= 0.6 is 11.6 Å². The van der Waals surface area contributed by atoms with Crippen LogP contribution in [0.25, 0.3) is 0 Å². The topological polar surface area (TPSA) is 93.6 Å². The minimum Gasteiger partial charge on any atom is -0.411 e. The number of aliphatic hydroxyl groups excluding tert-OH is 1. The van der Waals surface area contributed by atoms with E-state index < -0.39 is 37.5 Å². The van der Waals surface area contributed by atoms with Gasteiger partial charge in [0.1, 0.15) is 11.8 Å². The van der Waals surface area contributed by atoms with Gasteiger partial charge in [0.15, 0.2) is 8.32 Å². The maximum Gasteiger partial charge on any atom is 0.330 e. The molecular formula is C16H27ClN2O5Si. The SMILES string of the molecule is CC(C)(C)[Si](C)(C)OC1C[C@H](n2ccc(=O)[nH]c2=O)O[C@@]1(CO)CCl. The van der Waals surface area contributed by atoms with Gasteiger partial charge >= 0.3 is 5.69 Å². The van der Waals surface area contributed by atoms with E-state index in [2.05, 4.69) is 38.8 Å². The number of nitrogens with zero attached hydrogens (tertiary/aromatic N) is 1. The van der Waals surface area contributed by atoms with Crippen molar-refractivity contribution in [3.63, 3.8) is 0 Å². The molecule has 25 heavy (non-hydrogen) atoms. The van der Waals surface area contributed by atoms with Crippen LogP contribution in [-0.4, -0.2) is 47.2 Å². The summed E-state index contributed by atoms with van der Waals surface area (Å²) in [6, 6.07) is 1.26. The van der Waals surface area contributed by atoms with Crippen LogP contribution in [0.15, 0.2) is 21.9 Å². The third-order valence-corrected chi connectivity index (χ3v) is 10.2. The second-order valence-corrected chi connectivity index (χ2v) is 13.1. The molecule has 9 heteroatoms. The Labute approximate surface area is 153 Å². The first-order valence-electron chi connectivity index (χ1n) is 8.30. The summed E-state index contributed by atoms with van der Waals surface area (Å²) < 4.78 is 13.7. The zero-order valence-electron chi connectivity index (χ0n) is 15.3. The van der Waals surface area contributed by atoms with Crippen LogP contribution in [0.5, 0.6) is 0 Å². The second-order valence-electron chi connectivity index (χ2n) is 8.05. The third kappa shape index (κ3) is 3.93. The Morgan fingerprint density at radius 2 is 2.12 bits per heavy atom. The number of rotatable bonds is 5. The lowest BCUT2D eigenvalue weighted by atomic mass is 10.0. The van der Waals surface area contributed by atoms with Crippen LogP contribution in [0.4, 0.5) is 0 Å². The molecule has 1 aromatic heterocycles. The molecule has 2 heterocycles. The predicted octanol–water partition coefficient (Wildman–Crippen LogP) is 1.82. The molecule has 0 spiro atoms. The summed E-state index contributed by atoms with van der Waals surface area (Å²) in [4.78, 5) is 25.5. The zero-order valence-corrected chi connectivity index (χ0v) is 17.1.